The molecule has 0 saturated heterocycles. The fourth-order valence-corrected chi connectivity index (χ4v) is 2.72. The van der Waals surface area contributed by atoms with Crippen LogP contribution < -0.4 is 4.74 Å². The molecule has 1 nitrogen and oxygen atoms in total. The molecule has 0 radical (unpaired) electrons. The number of rotatable bonds is 3. The van der Waals surface area contributed by atoms with Crippen LogP contribution in [0.5, 0.6) is 5.75 Å². The summed E-state index contributed by atoms with van der Waals surface area (Å²) in [5.74, 6) is 1.94. The average molecular weight is 283 g/mol. The van der Waals surface area contributed by atoms with E-state index in [0.717, 1.165) is 17.0 Å². The van der Waals surface area contributed by atoms with Gasteiger partial charge in [0.2, 0.25) is 0 Å². The Bertz CT molecular complexity index is 329. The predicted molar refractivity (Wildman–Crippen MR) is 71.1 cm³/mol. The maximum Gasteiger partial charge on any atom is 0.123 e. The lowest BCUT2D eigenvalue weighted by Crippen LogP contribution is -2.23. The highest BCUT2D eigenvalue weighted by Crippen LogP contribution is 2.29. The van der Waals surface area contributed by atoms with Crippen molar-refractivity contribution in [2.45, 2.75) is 44.0 Å². The largest absolute Gasteiger partial charge is 0.490 e. The second-order valence-corrected chi connectivity index (χ2v) is 5.30. The Morgan fingerprint density at radius 3 is 2.56 bits per heavy atom. The number of hydrogen-bond acceptors (Lipinski definition) is 1. The lowest BCUT2D eigenvalue weighted by atomic mass is 9.89. The van der Waals surface area contributed by atoms with Gasteiger partial charge in [0.15, 0.2) is 0 Å². The van der Waals surface area contributed by atoms with Gasteiger partial charge in [-0.1, -0.05) is 41.1 Å². The number of alkyl halides is 1. The van der Waals surface area contributed by atoms with Crippen molar-refractivity contribution in [1.29, 1.82) is 0 Å². The Hall–Kier alpha value is -0.500. The molecule has 16 heavy (non-hydrogen) atoms. The zero-order valence-electron chi connectivity index (χ0n) is 9.79. The number of halogens is 1. The molecule has 0 amide bonds. The zero-order valence-corrected chi connectivity index (χ0v) is 11.4. The minimum absolute atomic E-state index is 0.427. The lowest BCUT2D eigenvalue weighted by molar-refractivity contribution is 0.134. The van der Waals surface area contributed by atoms with Gasteiger partial charge in [0, 0.05) is 10.9 Å². The molecular formula is C14H19BrO. The molecule has 1 aromatic carbocycles. The van der Waals surface area contributed by atoms with Gasteiger partial charge in [0.05, 0.1) is 6.10 Å². The third-order valence-corrected chi connectivity index (χ3v) is 3.98. The molecule has 0 aliphatic heterocycles. The SMILES string of the molecule is CC1CCC(Oc2ccccc2CBr)CC1. The third-order valence-electron chi connectivity index (χ3n) is 3.37. The van der Waals surface area contributed by atoms with E-state index in [9.17, 15) is 0 Å². The summed E-state index contributed by atoms with van der Waals surface area (Å²) in [6.07, 6.45) is 5.45. The summed E-state index contributed by atoms with van der Waals surface area (Å²) >= 11 is 3.50. The number of hydrogen-bond donors (Lipinski definition) is 0. The van der Waals surface area contributed by atoms with Crippen LogP contribution in [0.2, 0.25) is 0 Å². The van der Waals surface area contributed by atoms with E-state index >= 15 is 0 Å². The van der Waals surface area contributed by atoms with Gasteiger partial charge >= 0.3 is 0 Å². The Morgan fingerprint density at radius 1 is 1.19 bits per heavy atom. The monoisotopic (exact) mass is 282 g/mol. The van der Waals surface area contributed by atoms with E-state index in [1.54, 1.807) is 0 Å². The average Bonchev–Trinajstić information content (AvgIpc) is 2.33. The van der Waals surface area contributed by atoms with Crippen LogP contribution in [0.25, 0.3) is 0 Å². The predicted octanol–water partition coefficient (Wildman–Crippen LogP) is 4.54. The van der Waals surface area contributed by atoms with E-state index < -0.39 is 0 Å². The molecule has 2 rings (SSSR count). The van der Waals surface area contributed by atoms with Crippen molar-refractivity contribution in [2.75, 3.05) is 0 Å². The number of benzene rings is 1. The third kappa shape index (κ3) is 3.00. The Kier molecular flexibility index (Phi) is 4.28. The van der Waals surface area contributed by atoms with Crippen molar-refractivity contribution in [2.24, 2.45) is 5.92 Å². The Morgan fingerprint density at radius 2 is 1.88 bits per heavy atom. The van der Waals surface area contributed by atoms with Gasteiger partial charge < -0.3 is 4.74 Å². The zero-order chi connectivity index (χ0) is 11.4. The maximum absolute atomic E-state index is 6.10. The Balaban J connectivity index is 1.98. The second kappa shape index (κ2) is 5.72. The molecule has 0 heterocycles. The minimum atomic E-state index is 0.427. The molecule has 0 N–H and O–H groups in total. The minimum Gasteiger partial charge on any atom is -0.490 e. The fraction of sp³-hybridized carbons (Fsp3) is 0.571. The molecule has 0 unspecified atom stereocenters. The topological polar surface area (TPSA) is 9.23 Å². The van der Waals surface area contributed by atoms with Crippen molar-refractivity contribution in [3.63, 3.8) is 0 Å². The van der Waals surface area contributed by atoms with Gasteiger partial charge in [0.25, 0.3) is 0 Å². The molecule has 2 heteroatoms. The highest BCUT2D eigenvalue weighted by molar-refractivity contribution is 9.08. The quantitative estimate of drug-likeness (QED) is 0.740. The molecule has 1 aliphatic carbocycles. The van der Waals surface area contributed by atoms with Crippen LogP contribution in [0.15, 0.2) is 24.3 Å². The van der Waals surface area contributed by atoms with Crippen molar-refractivity contribution < 1.29 is 4.74 Å². The summed E-state index contributed by atoms with van der Waals surface area (Å²) in [5.41, 5.74) is 1.25. The Labute approximate surface area is 106 Å². The molecule has 1 fully saturated rings. The van der Waals surface area contributed by atoms with Crippen LogP contribution in [0.4, 0.5) is 0 Å². The molecule has 1 aromatic rings. The van der Waals surface area contributed by atoms with Crippen LogP contribution in [0.3, 0.4) is 0 Å². The fourth-order valence-electron chi connectivity index (χ4n) is 2.26. The van der Waals surface area contributed by atoms with Gasteiger partial charge in [-0.3, -0.25) is 0 Å². The van der Waals surface area contributed by atoms with E-state index in [2.05, 4.69) is 41.1 Å². The molecule has 88 valence electrons. The van der Waals surface area contributed by atoms with Gasteiger partial charge in [-0.05, 0) is 37.7 Å². The molecule has 0 bridgehead atoms. The summed E-state index contributed by atoms with van der Waals surface area (Å²) in [6.45, 7) is 2.34. The van der Waals surface area contributed by atoms with Crippen molar-refractivity contribution in [3.05, 3.63) is 29.8 Å². The molecule has 1 saturated carbocycles. The first kappa shape index (κ1) is 12.0. The highest BCUT2D eigenvalue weighted by Gasteiger charge is 2.20. The first-order valence-corrected chi connectivity index (χ1v) is 7.22. The van der Waals surface area contributed by atoms with E-state index in [0.29, 0.717) is 6.10 Å². The summed E-state index contributed by atoms with van der Waals surface area (Å²) in [7, 11) is 0. The molecule has 0 aromatic heterocycles. The number of para-hydroxylation sites is 1. The van der Waals surface area contributed by atoms with Crippen LogP contribution in [0, 0.1) is 5.92 Å². The molecule has 1 aliphatic rings. The lowest BCUT2D eigenvalue weighted by Gasteiger charge is -2.27. The van der Waals surface area contributed by atoms with E-state index in [1.165, 1.54) is 31.2 Å². The van der Waals surface area contributed by atoms with E-state index in [4.69, 9.17) is 4.74 Å². The second-order valence-electron chi connectivity index (χ2n) is 4.74. The van der Waals surface area contributed by atoms with Crippen LogP contribution in [-0.2, 0) is 5.33 Å². The van der Waals surface area contributed by atoms with Crippen molar-refractivity contribution in [3.8, 4) is 5.75 Å². The first-order chi connectivity index (χ1) is 7.79. The van der Waals surface area contributed by atoms with Crippen LogP contribution in [-0.4, -0.2) is 6.10 Å². The standard InChI is InChI=1S/C14H19BrO/c1-11-6-8-13(9-7-11)16-14-5-3-2-4-12(14)10-15/h2-5,11,13H,6-10H2,1H3. The summed E-state index contributed by atoms with van der Waals surface area (Å²) in [5, 5.41) is 0.867. The van der Waals surface area contributed by atoms with E-state index in [-0.39, 0.29) is 0 Å². The molecule has 0 atom stereocenters. The smallest absolute Gasteiger partial charge is 0.123 e. The van der Waals surface area contributed by atoms with Gasteiger partial charge in [-0.15, -0.1) is 0 Å². The molecule has 0 spiro atoms. The van der Waals surface area contributed by atoms with Gasteiger partial charge in [-0.25, -0.2) is 0 Å². The van der Waals surface area contributed by atoms with E-state index in [1.807, 2.05) is 6.07 Å². The van der Waals surface area contributed by atoms with Crippen molar-refractivity contribution in [1.82, 2.24) is 0 Å². The maximum atomic E-state index is 6.10. The van der Waals surface area contributed by atoms with Gasteiger partial charge in [0.1, 0.15) is 5.75 Å². The van der Waals surface area contributed by atoms with Crippen LogP contribution >= 0.6 is 15.9 Å². The normalized spacial score (nSPS) is 25.4. The van der Waals surface area contributed by atoms with Crippen molar-refractivity contribution >= 4 is 15.9 Å². The summed E-state index contributed by atoms with van der Waals surface area (Å²) < 4.78 is 6.10. The summed E-state index contributed by atoms with van der Waals surface area (Å²) in [6, 6.07) is 8.31. The first-order valence-electron chi connectivity index (χ1n) is 6.10. The van der Waals surface area contributed by atoms with Gasteiger partial charge in [-0.2, -0.15) is 0 Å². The molecular weight excluding hydrogens is 264 g/mol. The highest BCUT2D eigenvalue weighted by atomic mass is 79.9. The summed E-state index contributed by atoms with van der Waals surface area (Å²) in [4.78, 5) is 0. The van der Waals surface area contributed by atoms with Crippen LogP contribution in [0.1, 0.15) is 38.2 Å². The number of ether oxygens (including phenoxy) is 1.